The Morgan fingerprint density at radius 2 is 1.51 bits per heavy atom. The van der Waals surface area contributed by atoms with Gasteiger partial charge in [-0.15, -0.1) is 0 Å². The van der Waals surface area contributed by atoms with Crippen molar-refractivity contribution in [1.82, 2.24) is 24.0 Å². The molecule has 0 radical (unpaired) electrons. The second-order valence-electron chi connectivity index (χ2n) is 10.9. The van der Waals surface area contributed by atoms with Crippen molar-refractivity contribution in [2.75, 3.05) is 20.1 Å². The third-order valence-electron chi connectivity index (χ3n) is 8.18. The van der Waals surface area contributed by atoms with Crippen molar-refractivity contribution in [2.24, 2.45) is 5.92 Å². The Morgan fingerprint density at radius 1 is 0.805 bits per heavy atom. The van der Waals surface area contributed by atoms with E-state index in [-0.39, 0.29) is 5.56 Å². The van der Waals surface area contributed by atoms with Gasteiger partial charge in [-0.3, -0.25) is 9.36 Å². The highest BCUT2D eigenvalue weighted by molar-refractivity contribution is 9.10. The number of halogens is 1. The summed E-state index contributed by atoms with van der Waals surface area (Å²) in [5.74, 6) is 2.05. The van der Waals surface area contributed by atoms with Gasteiger partial charge >= 0.3 is 0 Å². The number of hydrogen-bond donors (Lipinski definition) is 0. The maximum Gasteiger partial charge on any atom is 0.266 e. The minimum absolute atomic E-state index is 0.111. The number of likely N-dealkylation sites (tertiary alicyclic amines) is 1. The molecule has 1 saturated heterocycles. The molecule has 2 aromatic heterocycles. The van der Waals surface area contributed by atoms with E-state index in [0.717, 1.165) is 70.6 Å². The summed E-state index contributed by atoms with van der Waals surface area (Å²) in [6.45, 7) is 3.11. The summed E-state index contributed by atoms with van der Waals surface area (Å²) in [6.07, 6.45) is 2.32. The summed E-state index contributed by atoms with van der Waals surface area (Å²) in [5, 5.41) is 0.564. The topological polar surface area (TPSA) is 56.0 Å². The number of nitrogens with zero attached hydrogens (tertiary/aromatic N) is 5. The van der Waals surface area contributed by atoms with E-state index in [9.17, 15) is 4.79 Å². The Kier molecular flexibility index (Phi) is 6.77. The lowest BCUT2D eigenvalue weighted by atomic mass is 9.97. The van der Waals surface area contributed by atoms with E-state index in [1.165, 1.54) is 0 Å². The number of rotatable bonds is 5. The van der Waals surface area contributed by atoms with Crippen LogP contribution in [0.25, 0.3) is 50.4 Å². The summed E-state index contributed by atoms with van der Waals surface area (Å²) in [4.78, 5) is 26.9. The number of para-hydroxylation sites is 3. The molecule has 41 heavy (non-hydrogen) atoms. The molecule has 204 valence electrons. The molecule has 6 nitrogen and oxygen atoms in total. The quantitative estimate of drug-likeness (QED) is 0.209. The number of piperidine rings is 1. The van der Waals surface area contributed by atoms with E-state index in [1.807, 2.05) is 72.8 Å². The molecule has 0 saturated carbocycles. The molecule has 1 aliphatic rings. The van der Waals surface area contributed by atoms with Crippen LogP contribution < -0.4 is 5.56 Å². The van der Waals surface area contributed by atoms with Crippen molar-refractivity contribution in [2.45, 2.75) is 19.4 Å². The SMILES string of the molecule is CN1CCC(Cn2c(-c3ccccc3-n3c(-c4ccccc4)nc4ccc(Br)cc4c3=O)nc3ccccc32)CC1. The Morgan fingerprint density at radius 3 is 2.34 bits per heavy atom. The molecule has 0 N–H and O–H groups in total. The summed E-state index contributed by atoms with van der Waals surface area (Å²) in [7, 11) is 2.20. The van der Waals surface area contributed by atoms with Gasteiger partial charge in [-0.25, -0.2) is 9.97 Å². The number of hydrogen-bond acceptors (Lipinski definition) is 4. The Hall–Kier alpha value is -4.07. The van der Waals surface area contributed by atoms with Crippen molar-refractivity contribution < 1.29 is 0 Å². The molecule has 0 amide bonds. The van der Waals surface area contributed by atoms with Crippen molar-refractivity contribution in [1.29, 1.82) is 0 Å². The van der Waals surface area contributed by atoms with Crippen LogP contribution >= 0.6 is 15.9 Å². The molecule has 0 bridgehead atoms. The molecule has 3 heterocycles. The first-order valence-corrected chi connectivity index (χ1v) is 14.9. The lowest BCUT2D eigenvalue weighted by Crippen LogP contribution is -2.32. The van der Waals surface area contributed by atoms with Crippen LogP contribution in [0.1, 0.15) is 12.8 Å². The van der Waals surface area contributed by atoms with E-state index in [4.69, 9.17) is 9.97 Å². The lowest BCUT2D eigenvalue weighted by Gasteiger charge is -2.29. The van der Waals surface area contributed by atoms with Crippen LogP contribution in [0.2, 0.25) is 0 Å². The minimum Gasteiger partial charge on any atom is -0.324 e. The zero-order valence-corrected chi connectivity index (χ0v) is 24.5. The summed E-state index contributed by atoms with van der Waals surface area (Å²) >= 11 is 3.55. The zero-order valence-electron chi connectivity index (χ0n) is 22.9. The maximum atomic E-state index is 14.3. The van der Waals surface area contributed by atoms with Gasteiger partial charge < -0.3 is 9.47 Å². The number of aromatic nitrogens is 4. The maximum absolute atomic E-state index is 14.3. The molecular formula is C34H30BrN5O. The molecule has 0 spiro atoms. The molecule has 1 fully saturated rings. The molecular weight excluding hydrogens is 574 g/mol. The van der Waals surface area contributed by atoms with E-state index in [0.29, 0.717) is 22.6 Å². The van der Waals surface area contributed by atoms with Gasteiger partial charge in [0.1, 0.15) is 11.6 Å². The molecule has 0 aliphatic carbocycles. The molecule has 6 aromatic rings. The van der Waals surface area contributed by atoms with Crippen LogP contribution in [-0.2, 0) is 6.54 Å². The van der Waals surface area contributed by atoms with Crippen molar-refractivity contribution in [3.05, 3.63) is 112 Å². The van der Waals surface area contributed by atoms with Crippen LogP contribution in [0.15, 0.2) is 106 Å². The van der Waals surface area contributed by atoms with Crippen LogP contribution in [0.4, 0.5) is 0 Å². The van der Waals surface area contributed by atoms with Crippen molar-refractivity contribution in [3.8, 4) is 28.5 Å². The van der Waals surface area contributed by atoms with E-state index >= 15 is 0 Å². The van der Waals surface area contributed by atoms with E-state index < -0.39 is 0 Å². The van der Waals surface area contributed by atoms with Crippen LogP contribution in [0, 0.1) is 5.92 Å². The van der Waals surface area contributed by atoms with Gasteiger partial charge in [0.25, 0.3) is 5.56 Å². The standard InChI is InChI=1S/C34H30BrN5O/c1-38-19-17-23(18-20-38)22-39-31-14-8-6-12-29(31)37-33(39)26-11-5-7-13-30(26)40-32(24-9-3-2-4-10-24)36-28-16-15-25(35)21-27(28)34(40)41/h2-16,21,23H,17-20,22H2,1H3. The summed E-state index contributed by atoms with van der Waals surface area (Å²) in [6, 6.07) is 32.0. The fourth-order valence-corrected chi connectivity index (χ4v) is 6.35. The van der Waals surface area contributed by atoms with Gasteiger partial charge in [0.05, 0.1) is 27.6 Å². The van der Waals surface area contributed by atoms with Crippen LogP contribution in [-0.4, -0.2) is 44.1 Å². The molecule has 0 unspecified atom stereocenters. The van der Waals surface area contributed by atoms with Crippen LogP contribution in [0.5, 0.6) is 0 Å². The van der Waals surface area contributed by atoms with Gasteiger partial charge in [0.15, 0.2) is 0 Å². The minimum atomic E-state index is -0.111. The molecule has 7 heteroatoms. The van der Waals surface area contributed by atoms with Gasteiger partial charge in [-0.2, -0.15) is 0 Å². The highest BCUT2D eigenvalue weighted by atomic mass is 79.9. The lowest BCUT2D eigenvalue weighted by molar-refractivity contribution is 0.206. The average molecular weight is 605 g/mol. The average Bonchev–Trinajstić information content (AvgIpc) is 3.37. The first kappa shape index (κ1) is 25.9. The van der Waals surface area contributed by atoms with Gasteiger partial charge in [-0.05, 0) is 81.4 Å². The first-order chi connectivity index (χ1) is 20.1. The Bertz CT molecular complexity index is 1940. The molecule has 0 atom stereocenters. The molecule has 7 rings (SSSR count). The smallest absolute Gasteiger partial charge is 0.266 e. The fourth-order valence-electron chi connectivity index (χ4n) is 5.99. The van der Waals surface area contributed by atoms with E-state index in [1.54, 1.807) is 4.57 Å². The van der Waals surface area contributed by atoms with Crippen LogP contribution in [0.3, 0.4) is 0 Å². The Labute approximate surface area is 247 Å². The number of fused-ring (bicyclic) bond motifs is 2. The third-order valence-corrected chi connectivity index (χ3v) is 8.67. The predicted octanol–water partition coefficient (Wildman–Crippen LogP) is 7.17. The van der Waals surface area contributed by atoms with Crippen molar-refractivity contribution in [3.63, 3.8) is 0 Å². The number of imidazole rings is 1. The molecule has 1 aliphatic heterocycles. The highest BCUT2D eigenvalue weighted by Gasteiger charge is 2.24. The Balaban J connectivity index is 1.48. The number of benzene rings is 4. The second-order valence-corrected chi connectivity index (χ2v) is 11.8. The highest BCUT2D eigenvalue weighted by Crippen LogP contribution is 2.33. The fraction of sp³-hybridized carbons (Fsp3) is 0.206. The normalized spacial score (nSPS) is 14.7. The van der Waals surface area contributed by atoms with Crippen molar-refractivity contribution >= 4 is 37.9 Å². The van der Waals surface area contributed by atoms with Gasteiger partial charge in [0, 0.05) is 22.1 Å². The largest absolute Gasteiger partial charge is 0.324 e. The van der Waals surface area contributed by atoms with Gasteiger partial charge in [-0.1, -0.05) is 70.5 Å². The molecule has 4 aromatic carbocycles. The first-order valence-electron chi connectivity index (χ1n) is 14.1. The third kappa shape index (κ3) is 4.79. The monoisotopic (exact) mass is 603 g/mol. The second kappa shape index (κ2) is 10.7. The van der Waals surface area contributed by atoms with Gasteiger partial charge in [0.2, 0.25) is 0 Å². The summed E-state index contributed by atoms with van der Waals surface area (Å²) < 4.78 is 4.97. The zero-order chi connectivity index (χ0) is 27.9. The summed E-state index contributed by atoms with van der Waals surface area (Å²) in [5.41, 5.74) is 5.19. The predicted molar refractivity (Wildman–Crippen MR) is 169 cm³/mol. The van der Waals surface area contributed by atoms with E-state index in [2.05, 4.69) is 56.7 Å².